The van der Waals surface area contributed by atoms with Crippen molar-refractivity contribution in [3.63, 3.8) is 0 Å². The van der Waals surface area contributed by atoms with E-state index in [-0.39, 0.29) is 12.7 Å². The van der Waals surface area contributed by atoms with E-state index in [9.17, 15) is 5.11 Å². The molecule has 2 heteroatoms. The van der Waals surface area contributed by atoms with Crippen LogP contribution in [0.15, 0.2) is 23.8 Å². The van der Waals surface area contributed by atoms with Crippen molar-refractivity contribution in [1.29, 1.82) is 0 Å². The second kappa shape index (κ2) is 2.46. The molecule has 5 atom stereocenters. The number of fused-ring (bicyclic) bond motifs is 5. The van der Waals surface area contributed by atoms with Gasteiger partial charge in [0.15, 0.2) is 0 Å². The first-order chi connectivity index (χ1) is 6.31. The molecule has 70 valence electrons. The predicted molar refractivity (Wildman–Crippen MR) is 48.9 cm³/mol. The van der Waals surface area contributed by atoms with Crippen LogP contribution in [-0.4, -0.2) is 22.9 Å². The van der Waals surface area contributed by atoms with Crippen molar-refractivity contribution in [2.45, 2.75) is 12.5 Å². The van der Waals surface area contributed by atoms with Gasteiger partial charge < -0.3 is 10.2 Å². The molecule has 2 N–H and O–H groups in total. The molecule has 0 spiro atoms. The highest BCUT2D eigenvalue weighted by molar-refractivity contribution is 5.30. The second-order valence-electron chi connectivity index (χ2n) is 4.45. The van der Waals surface area contributed by atoms with Crippen molar-refractivity contribution in [2.24, 2.45) is 23.7 Å². The molecule has 0 heterocycles. The smallest absolute Gasteiger partial charge is 0.0811 e. The zero-order valence-electron chi connectivity index (χ0n) is 7.43. The summed E-state index contributed by atoms with van der Waals surface area (Å²) in [5.41, 5.74) is 0.841. The lowest BCUT2D eigenvalue weighted by molar-refractivity contribution is 0.113. The summed E-state index contributed by atoms with van der Waals surface area (Å²) in [6, 6.07) is 0. The van der Waals surface area contributed by atoms with Crippen molar-refractivity contribution in [3.05, 3.63) is 23.8 Å². The Bertz CT molecular complexity index is 292. The number of aliphatic hydroxyl groups excluding tert-OH is 2. The van der Waals surface area contributed by atoms with Gasteiger partial charge >= 0.3 is 0 Å². The van der Waals surface area contributed by atoms with Gasteiger partial charge in [-0.25, -0.2) is 0 Å². The molecule has 2 nitrogen and oxygen atoms in total. The van der Waals surface area contributed by atoms with Crippen LogP contribution >= 0.6 is 0 Å². The normalized spacial score (nSPS) is 51.2. The number of aliphatic hydroxyl groups is 2. The van der Waals surface area contributed by atoms with E-state index < -0.39 is 0 Å². The minimum atomic E-state index is -0.380. The van der Waals surface area contributed by atoms with Crippen LogP contribution in [-0.2, 0) is 0 Å². The first kappa shape index (κ1) is 7.77. The van der Waals surface area contributed by atoms with Gasteiger partial charge in [0.05, 0.1) is 12.7 Å². The largest absolute Gasteiger partial charge is 0.392 e. The van der Waals surface area contributed by atoms with Crippen LogP contribution in [0.5, 0.6) is 0 Å². The maximum atomic E-state index is 9.92. The zero-order chi connectivity index (χ0) is 9.00. The Morgan fingerprint density at radius 3 is 2.77 bits per heavy atom. The third kappa shape index (κ3) is 0.851. The average molecular weight is 178 g/mol. The standard InChI is InChI=1S/C11H14O2/c12-5-8-4-9-6-1-2-7(3-6)10(9)11(8)13/h1-2,4,6-7,9-13H,3,5H2/t6-,7+,9+,10-,11-/m1/s1. The molecule has 0 saturated heterocycles. The number of rotatable bonds is 1. The lowest BCUT2D eigenvalue weighted by atomic mass is 9.84. The van der Waals surface area contributed by atoms with E-state index in [0.717, 1.165) is 5.57 Å². The Labute approximate surface area is 77.6 Å². The van der Waals surface area contributed by atoms with Gasteiger partial charge in [0, 0.05) is 5.92 Å². The van der Waals surface area contributed by atoms with Gasteiger partial charge in [0.1, 0.15) is 0 Å². The summed E-state index contributed by atoms with van der Waals surface area (Å²) in [5.74, 6) is 2.07. The molecule has 2 bridgehead atoms. The quantitative estimate of drug-likeness (QED) is 0.581. The second-order valence-corrected chi connectivity index (χ2v) is 4.45. The van der Waals surface area contributed by atoms with Gasteiger partial charge in [-0.15, -0.1) is 0 Å². The summed E-state index contributed by atoms with van der Waals surface area (Å²) in [6.45, 7) is 0.0214. The fourth-order valence-electron chi connectivity index (χ4n) is 3.32. The highest BCUT2D eigenvalue weighted by Crippen LogP contribution is 2.54. The maximum Gasteiger partial charge on any atom is 0.0811 e. The van der Waals surface area contributed by atoms with Gasteiger partial charge in [0.2, 0.25) is 0 Å². The van der Waals surface area contributed by atoms with Crippen molar-refractivity contribution >= 4 is 0 Å². The fraction of sp³-hybridized carbons (Fsp3) is 0.636. The van der Waals surface area contributed by atoms with Gasteiger partial charge in [-0.3, -0.25) is 0 Å². The van der Waals surface area contributed by atoms with E-state index in [1.54, 1.807) is 0 Å². The van der Waals surface area contributed by atoms with Crippen LogP contribution in [0.1, 0.15) is 6.42 Å². The summed E-state index contributed by atoms with van der Waals surface area (Å²) in [6.07, 6.45) is 7.44. The van der Waals surface area contributed by atoms with Crippen LogP contribution in [0.4, 0.5) is 0 Å². The highest BCUT2D eigenvalue weighted by Gasteiger charge is 2.50. The Balaban J connectivity index is 1.95. The maximum absolute atomic E-state index is 9.92. The van der Waals surface area contributed by atoms with Gasteiger partial charge in [-0.1, -0.05) is 18.2 Å². The van der Waals surface area contributed by atoms with Gasteiger partial charge in [-0.2, -0.15) is 0 Å². The van der Waals surface area contributed by atoms with E-state index in [0.29, 0.717) is 23.7 Å². The summed E-state index contributed by atoms with van der Waals surface area (Å²) in [5, 5.41) is 19.0. The van der Waals surface area contributed by atoms with Gasteiger partial charge in [-0.05, 0) is 29.7 Å². The highest BCUT2D eigenvalue weighted by atomic mass is 16.3. The molecule has 0 aromatic rings. The van der Waals surface area contributed by atoms with E-state index in [1.807, 2.05) is 0 Å². The summed E-state index contributed by atoms with van der Waals surface area (Å²) in [7, 11) is 0. The van der Waals surface area contributed by atoms with Gasteiger partial charge in [0.25, 0.3) is 0 Å². The van der Waals surface area contributed by atoms with Crippen molar-refractivity contribution < 1.29 is 10.2 Å². The molecule has 0 amide bonds. The molecule has 0 unspecified atom stereocenters. The summed E-state index contributed by atoms with van der Waals surface area (Å²) < 4.78 is 0. The summed E-state index contributed by atoms with van der Waals surface area (Å²) >= 11 is 0. The predicted octanol–water partition coefficient (Wildman–Crippen LogP) is 0.718. The first-order valence-corrected chi connectivity index (χ1v) is 4.99. The Hall–Kier alpha value is -0.600. The SMILES string of the molecule is OCC1=C[C@@H]2[C@H]([C@@H]1O)[C@H]1C=C[C@@H]2C1. The average Bonchev–Trinajstić information content (AvgIpc) is 2.76. The molecule has 0 aromatic heterocycles. The van der Waals surface area contributed by atoms with E-state index in [2.05, 4.69) is 18.2 Å². The number of hydrogen-bond acceptors (Lipinski definition) is 2. The Kier molecular flexibility index (Phi) is 1.47. The molecule has 3 aliphatic rings. The minimum absolute atomic E-state index is 0.0214. The van der Waals surface area contributed by atoms with Crippen LogP contribution in [0.3, 0.4) is 0 Å². The lowest BCUT2D eigenvalue weighted by Gasteiger charge is -2.23. The third-order valence-electron chi connectivity index (χ3n) is 3.92. The van der Waals surface area contributed by atoms with Crippen LogP contribution in [0, 0.1) is 23.7 Å². The molecule has 3 aliphatic carbocycles. The number of hydrogen-bond donors (Lipinski definition) is 2. The van der Waals surface area contributed by atoms with Crippen LogP contribution in [0.25, 0.3) is 0 Å². The molecule has 1 fully saturated rings. The monoisotopic (exact) mass is 178 g/mol. The molecular formula is C11H14O2. The zero-order valence-corrected chi connectivity index (χ0v) is 7.43. The summed E-state index contributed by atoms with van der Waals surface area (Å²) in [4.78, 5) is 0. The van der Waals surface area contributed by atoms with Crippen molar-refractivity contribution in [3.8, 4) is 0 Å². The third-order valence-corrected chi connectivity index (χ3v) is 3.92. The fourth-order valence-corrected chi connectivity index (χ4v) is 3.32. The molecule has 1 saturated carbocycles. The molecule has 0 radical (unpaired) electrons. The first-order valence-electron chi connectivity index (χ1n) is 4.99. The topological polar surface area (TPSA) is 40.5 Å². The van der Waals surface area contributed by atoms with Crippen molar-refractivity contribution in [1.82, 2.24) is 0 Å². The Morgan fingerprint density at radius 1 is 1.31 bits per heavy atom. The molecule has 0 aliphatic heterocycles. The lowest BCUT2D eigenvalue weighted by Crippen LogP contribution is -2.26. The van der Waals surface area contributed by atoms with E-state index in [1.165, 1.54) is 6.42 Å². The van der Waals surface area contributed by atoms with Crippen LogP contribution in [0.2, 0.25) is 0 Å². The van der Waals surface area contributed by atoms with E-state index >= 15 is 0 Å². The minimum Gasteiger partial charge on any atom is -0.392 e. The van der Waals surface area contributed by atoms with E-state index in [4.69, 9.17) is 5.11 Å². The Morgan fingerprint density at radius 2 is 2.08 bits per heavy atom. The molecule has 0 aromatic carbocycles. The number of allylic oxidation sites excluding steroid dienone is 3. The molecule has 3 rings (SSSR count). The molecule has 13 heavy (non-hydrogen) atoms. The van der Waals surface area contributed by atoms with Crippen LogP contribution < -0.4 is 0 Å². The molecular weight excluding hydrogens is 164 g/mol. The van der Waals surface area contributed by atoms with Crippen molar-refractivity contribution in [2.75, 3.05) is 6.61 Å².